The number of hydrogen-bond acceptors (Lipinski definition) is 6. The standard InChI is InChI=1S/C34H33ClF3N5O2/c1-3-27(44)41-13-14-43(20(2)17-41)32-24-15-26(37)29(23-9-4-7-21-8-5-10-25(35)28(21)23)30(38)31(24)39-33(40-32)45-19-34-11-6-12-42(34)18-22(36)16-34/h3-5,7-10,15,20,22H,1,6,11-14,16-19H2,2H3/t20-,22?,34-/m0/s1. The molecule has 4 heterocycles. The second kappa shape index (κ2) is 11.5. The van der Waals surface area contributed by atoms with Crippen LogP contribution in [0, 0.1) is 11.6 Å². The molecule has 1 aromatic heterocycles. The molecule has 0 radical (unpaired) electrons. The van der Waals surface area contributed by atoms with E-state index in [4.69, 9.17) is 21.3 Å². The quantitative estimate of drug-likeness (QED) is 0.224. The van der Waals surface area contributed by atoms with Crippen LogP contribution in [-0.2, 0) is 4.79 Å². The zero-order valence-corrected chi connectivity index (χ0v) is 25.7. The Bertz CT molecular complexity index is 1830. The van der Waals surface area contributed by atoms with Gasteiger partial charge in [-0.1, -0.05) is 48.5 Å². The van der Waals surface area contributed by atoms with Crippen molar-refractivity contribution in [2.75, 3.05) is 44.2 Å². The molecular weight excluding hydrogens is 603 g/mol. The van der Waals surface area contributed by atoms with Crippen LogP contribution in [0.3, 0.4) is 0 Å². The van der Waals surface area contributed by atoms with E-state index in [1.807, 2.05) is 24.0 Å². The summed E-state index contributed by atoms with van der Waals surface area (Å²) in [5.41, 5.74) is -0.498. The van der Waals surface area contributed by atoms with Crippen molar-refractivity contribution in [1.82, 2.24) is 19.8 Å². The molecule has 1 unspecified atom stereocenters. The van der Waals surface area contributed by atoms with Gasteiger partial charge < -0.3 is 14.5 Å². The monoisotopic (exact) mass is 635 g/mol. The van der Waals surface area contributed by atoms with E-state index in [9.17, 15) is 9.18 Å². The largest absolute Gasteiger partial charge is 0.461 e. The molecule has 7 nitrogen and oxygen atoms in total. The van der Waals surface area contributed by atoms with E-state index >= 15 is 8.78 Å². The van der Waals surface area contributed by atoms with Crippen molar-refractivity contribution < 1.29 is 22.7 Å². The first-order valence-electron chi connectivity index (χ1n) is 15.3. The first-order chi connectivity index (χ1) is 21.7. The van der Waals surface area contributed by atoms with Crippen molar-refractivity contribution in [3.8, 4) is 17.1 Å². The summed E-state index contributed by atoms with van der Waals surface area (Å²) in [6, 6.07) is 11.5. The van der Waals surface area contributed by atoms with Crippen LogP contribution in [0.4, 0.5) is 19.0 Å². The van der Waals surface area contributed by atoms with Gasteiger partial charge in [0.05, 0.1) is 11.1 Å². The van der Waals surface area contributed by atoms with Crippen LogP contribution in [0.2, 0.25) is 5.02 Å². The van der Waals surface area contributed by atoms with E-state index in [-0.39, 0.29) is 41.0 Å². The molecule has 1 amide bonds. The molecule has 45 heavy (non-hydrogen) atoms. The van der Waals surface area contributed by atoms with Crippen molar-refractivity contribution in [2.24, 2.45) is 0 Å². The highest BCUT2D eigenvalue weighted by Crippen LogP contribution is 2.42. The highest BCUT2D eigenvalue weighted by atomic mass is 35.5. The van der Waals surface area contributed by atoms with Crippen LogP contribution in [0.25, 0.3) is 32.8 Å². The number of benzene rings is 3. The minimum atomic E-state index is -0.937. The van der Waals surface area contributed by atoms with Crippen LogP contribution >= 0.6 is 11.6 Å². The number of aromatic nitrogens is 2. The number of ether oxygens (including phenoxy) is 1. The third kappa shape index (κ3) is 5.08. The Labute approximate surface area is 264 Å². The van der Waals surface area contributed by atoms with Crippen LogP contribution in [0.15, 0.2) is 55.1 Å². The van der Waals surface area contributed by atoms with Gasteiger partial charge in [-0.15, -0.1) is 0 Å². The average molecular weight is 636 g/mol. The number of hydrogen-bond donors (Lipinski definition) is 0. The molecular formula is C34H33ClF3N5O2. The van der Waals surface area contributed by atoms with Gasteiger partial charge in [-0.25, -0.2) is 13.2 Å². The highest BCUT2D eigenvalue weighted by molar-refractivity contribution is 6.36. The first kappa shape index (κ1) is 29.8. The second-order valence-corrected chi connectivity index (χ2v) is 12.7. The molecule has 7 rings (SSSR count). The van der Waals surface area contributed by atoms with Gasteiger partial charge in [0.2, 0.25) is 5.91 Å². The lowest BCUT2D eigenvalue weighted by atomic mass is 9.95. The van der Waals surface area contributed by atoms with Gasteiger partial charge in [0, 0.05) is 54.4 Å². The summed E-state index contributed by atoms with van der Waals surface area (Å²) >= 11 is 6.54. The average Bonchev–Trinajstić information content (AvgIpc) is 3.55. The highest BCUT2D eigenvalue weighted by Gasteiger charge is 2.49. The molecule has 3 aromatic carbocycles. The minimum Gasteiger partial charge on any atom is -0.461 e. The summed E-state index contributed by atoms with van der Waals surface area (Å²) in [4.78, 5) is 27.3. The predicted octanol–water partition coefficient (Wildman–Crippen LogP) is 6.56. The van der Waals surface area contributed by atoms with Crippen molar-refractivity contribution >= 4 is 45.0 Å². The second-order valence-electron chi connectivity index (χ2n) is 12.3. The summed E-state index contributed by atoms with van der Waals surface area (Å²) in [5.74, 6) is -1.51. The van der Waals surface area contributed by atoms with Gasteiger partial charge in [-0.3, -0.25) is 9.69 Å². The molecule has 11 heteroatoms. The summed E-state index contributed by atoms with van der Waals surface area (Å²) < 4.78 is 53.5. The van der Waals surface area contributed by atoms with Crippen LogP contribution < -0.4 is 9.64 Å². The Morgan fingerprint density at radius 2 is 1.96 bits per heavy atom. The van der Waals surface area contributed by atoms with Gasteiger partial charge in [-0.05, 0) is 55.5 Å². The van der Waals surface area contributed by atoms with E-state index in [0.29, 0.717) is 54.4 Å². The fourth-order valence-electron chi connectivity index (χ4n) is 7.44. The molecule has 0 spiro atoms. The van der Waals surface area contributed by atoms with Crippen LogP contribution in [0.1, 0.15) is 26.2 Å². The number of carbonyl (C=O) groups excluding carboxylic acids is 1. The van der Waals surface area contributed by atoms with Crippen molar-refractivity contribution in [3.05, 3.63) is 71.8 Å². The summed E-state index contributed by atoms with van der Waals surface area (Å²) in [5, 5.41) is 1.84. The molecule has 3 fully saturated rings. The van der Waals surface area contributed by atoms with Crippen LogP contribution in [-0.4, -0.2) is 82.8 Å². The molecule has 0 bridgehead atoms. The van der Waals surface area contributed by atoms with Crippen molar-refractivity contribution in [2.45, 2.75) is 43.9 Å². The van der Waals surface area contributed by atoms with Crippen molar-refractivity contribution in [1.29, 1.82) is 0 Å². The Morgan fingerprint density at radius 1 is 1.16 bits per heavy atom. The molecule has 4 aromatic rings. The molecule has 0 N–H and O–H groups in total. The molecule has 234 valence electrons. The maximum absolute atomic E-state index is 16.8. The number of fused-ring (bicyclic) bond motifs is 3. The maximum atomic E-state index is 16.8. The summed E-state index contributed by atoms with van der Waals surface area (Å²) in [7, 11) is 0. The number of halogens is 4. The molecule has 3 saturated heterocycles. The van der Waals surface area contributed by atoms with Gasteiger partial charge in [0.15, 0.2) is 5.82 Å². The normalized spacial score (nSPS) is 23.6. The Kier molecular flexibility index (Phi) is 7.60. The lowest BCUT2D eigenvalue weighted by Gasteiger charge is -2.40. The smallest absolute Gasteiger partial charge is 0.319 e. The third-order valence-electron chi connectivity index (χ3n) is 9.58. The number of nitrogens with zero attached hydrogens (tertiary/aromatic N) is 5. The first-order valence-corrected chi connectivity index (χ1v) is 15.6. The third-order valence-corrected chi connectivity index (χ3v) is 9.90. The van der Waals surface area contributed by atoms with E-state index in [1.54, 1.807) is 29.2 Å². The van der Waals surface area contributed by atoms with E-state index in [0.717, 1.165) is 24.8 Å². The van der Waals surface area contributed by atoms with E-state index in [1.165, 1.54) is 12.1 Å². The number of rotatable bonds is 6. The van der Waals surface area contributed by atoms with Gasteiger partial charge in [-0.2, -0.15) is 9.97 Å². The topological polar surface area (TPSA) is 61.8 Å². The molecule has 3 aliphatic heterocycles. The molecule has 0 saturated carbocycles. The SMILES string of the molecule is C=CC(=O)N1CCN(c2nc(OC[C@@]34CCCN3CC(F)C4)nc3c(F)c(-c4cccc5cccc(Cl)c45)c(F)cc23)[C@@H](C)C1. The fourth-order valence-corrected chi connectivity index (χ4v) is 7.73. The Balaban J connectivity index is 1.36. The number of piperazine rings is 1. The lowest BCUT2D eigenvalue weighted by Crippen LogP contribution is -2.53. The zero-order valence-electron chi connectivity index (χ0n) is 24.9. The summed E-state index contributed by atoms with van der Waals surface area (Å²) in [6.07, 6.45) is 2.42. The zero-order chi connectivity index (χ0) is 31.5. The Morgan fingerprint density at radius 3 is 2.73 bits per heavy atom. The van der Waals surface area contributed by atoms with Gasteiger partial charge in [0.1, 0.15) is 29.9 Å². The maximum Gasteiger partial charge on any atom is 0.319 e. The lowest BCUT2D eigenvalue weighted by molar-refractivity contribution is -0.126. The number of alkyl halides is 1. The van der Waals surface area contributed by atoms with Crippen molar-refractivity contribution in [3.63, 3.8) is 0 Å². The van der Waals surface area contributed by atoms with E-state index < -0.39 is 23.3 Å². The molecule has 3 aliphatic rings. The number of carbonyl (C=O) groups is 1. The fraction of sp³-hybridized carbons (Fsp3) is 0.382. The number of amides is 1. The summed E-state index contributed by atoms with van der Waals surface area (Å²) in [6.45, 7) is 7.95. The Hall–Kier alpha value is -3.89. The van der Waals surface area contributed by atoms with E-state index in [2.05, 4.69) is 16.5 Å². The molecule has 3 atom stereocenters. The van der Waals surface area contributed by atoms with Gasteiger partial charge >= 0.3 is 6.01 Å². The number of anilines is 1. The van der Waals surface area contributed by atoms with Gasteiger partial charge in [0.25, 0.3) is 0 Å². The van der Waals surface area contributed by atoms with Crippen LogP contribution in [0.5, 0.6) is 6.01 Å². The predicted molar refractivity (Wildman–Crippen MR) is 170 cm³/mol. The molecule has 0 aliphatic carbocycles. The minimum absolute atomic E-state index is 0.0646.